The first kappa shape index (κ1) is 46.9. The Morgan fingerprint density at radius 1 is 0.580 bits per heavy atom. The molecular weight excluding hydrogens is 671 g/mol. The molecule has 1 fully saturated rings. The molecule has 6 N–H and O–H groups in total. The maximum absolute atomic E-state index is 12.5. The Morgan fingerprint density at radius 3 is 1.32 bits per heavy atom. The molecule has 0 amide bonds. The van der Waals surface area contributed by atoms with E-state index in [1.54, 1.807) is 0 Å². The van der Waals surface area contributed by atoms with Gasteiger partial charge in [-0.25, -0.2) is 4.57 Å². The third-order valence-corrected chi connectivity index (χ3v) is 10.2. The van der Waals surface area contributed by atoms with Crippen molar-refractivity contribution in [3.63, 3.8) is 0 Å². The van der Waals surface area contributed by atoms with Gasteiger partial charge in [0.2, 0.25) is 0 Å². The lowest BCUT2D eigenvalue weighted by atomic mass is 9.85. The van der Waals surface area contributed by atoms with Crippen LogP contribution in [-0.2, 0) is 32.7 Å². The summed E-state index contributed by atoms with van der Waals surface area (Å²) in [7, 11) is -5.07. The molecule has 0 aromatic heterocycles. The van der Waals surface area contributed by atoms with Gasteiger partial charge in [0.05, 0.1) is 6.61 Å². The van der Waals surface area contributed by atoms with Crippen molar-refractivity contribution in [3.8, 4) is 0 Å². The van der Waals surface area contributed by atoms with Crippen molar-refractivity contribution in [1.29, 1.82) is 0 Å². The number of aliphatic hydroxyl groups is 5. The second-order valence-corrected chi connectivity index (χ2v) is 15.3. The summed E-state index contributed by atoms with van der Waals surface area (Å²) in [6.07, 6.45) is 14.7. The zero-order chi connectivity index (χ0) is 37.2. The molecule has 0 bridgehead atoms. The number of phosphoric acid groups is 1. The van der Waals surface area contributed by atoms with E-state index >= 15 is 0 Å². The van der Waals surface area contributed by atoms with E-state index < -0.39 is 75.7 Å². The fourth-order valence-corrected chi connectivity index (χ4v) is 7.10. The Hall–Kier alpha value is -1.15. The maximum Gasteiger partial charge on any atom is 0.472 e. The van der Waals surface area contributed by atoms with Gasteiger partial charge in [0.1, 0.15) is 43.2 Å². The molecule has 0 heterocycles. The molecule has 0 saturated heterocycles. The van der Waals surface area contributed by atoms with E-state index in [4.69, 9.17) is 18.5 Å². The summed E-state index contributed by atoms with van der Waals surface area (Å²) < 4.78 is 32.2. The quantitative estimate of drug-likeness (QED) is 0.0284. The molecule has 0 spiro atoms. The zero-order valence-corrected chi connectivity index (χ0v) is 31.6. The van der Waals surface area contributed by atoms with E-state index in [9.17, 15) is 44.6 Å². The highest BCUT2D eigenvalue weighted by atomic mass is 31.2. The molecule has 1 aliphatic rings. The van der Waals surface area contributed by atoms with Crippen LogP contribution < -0.4 is 0 Å². The Morgan fingerprint density at radius 2 is 0.940 bits per heavy atom. The molecule has 13 nitrogen and oxygen atoms in total. The highest BCUT2D eigenvalue weighted by Crippen LogP contribution is 2.47. The fourth-order valence-electron chi connectivity index (χ4n) is 6.13. The molecule has 14 heteroatoms. The second-order valence-electron chi connectivity index (χ2n) is 13.9. The van der Waals surface area contributed by atoms with Crippen molar-refractivity contribution < 1.29 is 63.1 Å². The Kier molecular flexibility index (Phi) is 26.6. The number of carbonyl (C=O) groups is 2. The van der Waals surface area contributed by atoms with Gasteiger partial charge in [-0.15, -0.1) is 0 Å². The first-order valence-corrected chi connectivity index (χ1v) is 20.8. The summed E-state index contributed by atoms with van der Waals surface area (Å²) in [5.74, 6) is -1.28. The minimum Gasteiger partial charge on any atom is -0.462 e. The Labute approximate surface area is 300 Å². The van der Waals surface area contributed by atoms with Crippen LogP contribution in [-0.4, -0.2) is 98.3 Å². The van der Waals surface area contributed by atoms with E-state index in [1.807, 2.05) is 0 Å². The number of esters is 2. The SMILES string of the molecule is CCCCCCCCCCCCCCCCCCCCCCCCC(=O)OC(COC(C)=O)COP(=O)(O)OC1C(O)C(O)C(O)C(O)C1O. The summed E-state index contributed by atoms with van der Waals surface area (Å²) in [6.45, 7) is 2.20. The third kappa shape index (κ3) is 22.0. The van der Waals surface area contributed by atoms with Gasteiger partial charge in [0.25, 0.3) is 0 Å². The Balaban J connectivity index is 2.13. The summed E-state index contributed by atoms with van der Waals surface area (Å²) in [6, 6.07) is 0. The van der Waals surface area contributed by atoms with Crippen molar-refractivity contribution in [1.82, 2.24) is 0 Å². The molecule has 6 unspecified atom stereocenters. The molecule has 50 heavy (non-hydrogen) atoms. The lowest BCUT2D eigenvalue weighted by molar-refractivity contribution is -0.220. The summed E-state index contributed by atoms with van der Waals surface area (Å²) in [5.41, 5.74) is 0. The first-order chi connectivity index (χ1) is 23.9. The lowest BCUT2D eigenvalue weighted by Gasteiger charge is -2.41. The van der Waals surface area contributed by atoms with Crippen LogP contribution in [0.4, 0.5) is 0 Å². The largest absolute Gasteiger partial charge is 0.472 e. The molecule has 1 saturated carbocycles. The number of hydrogen-bond donors (Lipinski definition) is 6. The monoisotopic (exact) mass is 740 g/mol. The first-order valence-electron chi connectivity index (χ1n) is 19.3. The molecule has 1 aliphatic carbocycles. The average Bonchev–Trinajstić information content (AvgIpc) is 3.08. The number of hydrogen-bond acceptors (Lipinski definition) is 12. The second kappa shape index (κ2) is 28.4. The zero-order valence-electron chi connectivity index (χ0n) is 30.7. The Bertz CT molecular complexity index is 906. The van der Waals surface area contributed by atoms with Gasteiger partial charge >= 0.3 is 19.8 Å². The van der Waals surface area contributed by atoms with Crippen molar-refractivity contribution in [2.45, 2.75) is 204 Å². The van der Waals surface area contributed by atoms with Gasteiger partial charge in [0, 0.05) is 13.3 Å². The molecule has 0 aromatic carbocycles. The minimum absolute atomic E-state index is 0.0988. The van der Waals surface area contributed by atoms with E-state index in [0.29, 0.717) is 6.42 Å². The predicted octanol–water partition coefficient (Wildman–Crippen LogP) is 5.77. The lowest BCUT2D eigenvalue weighted by Crippen LogP contribution is -2.64. The van der Waals surface area contributed by atoms with Gasteiger partial charge in [-0.2, -0.15) is 0 Å². The number of phosphoric ester groups is 1. The van der Waals surface area contributed by atoms with Crippen molar-refractivity contribution in [2.24, 2.45) is 0 Å². The fraction of sp³-hybridized carbons (Fsp3) is 0.944. The van der Waals surface area contributed by atoms with Crippen LogP contribution in [0.5, 0.6) is 0 Å². The van der Waals surface area contributed by atoms with Crippen LogP contribution in [0, 0.1) is 0 Å². The van der Waals surface area contributed by atoms with Gasteiger partial charge in [-0.1, -0.05) is 142 Å². The summed E-state index contributed by atoms with van der Waals surface area (Å²) in [5, 5.41) is 49.4. The van der Waals surface area contributed by atoms with Crippen LogP contribution in [0.3, 0.4) is 0 Å². The summed E-state index contributed by atoms with van der Waals surface area (Å²) in [4.78, 5) is 33.8. The average molecular weight is 741 g/mol. The standard InChI is InChI=1S/C36H69O13P/c1-3-4-5-6-7-8-9-10-11-12-13-14-15-16-17-18-19-20-21-22-23-24-25-30(38)48-29(26-46-28(2)37)27-47-50(44,45)49-36-34(42)32(40)31(39)33(41)35(36)43/h29,31-36,39-43H,3-27H2,1-2H3,(H,44,45). The number of aliphatic hydroxyl groups excluding tert-OH is 5. The smallest absolute Gasteiger partial charge is 0.462 e. The highest BCUT2D eigenvalue weighted by molar-refractivity contribution is 7.47. The van der Waals surface area contributed by atoms with Crippen molar-refractivity contribution in [2.75, 3.05) is 13.2 Å². The van der Waals surface area contributed by atoms with E-state index in [1.165, 1.54) is 116 Å². The predicted molar refractivity (Wildman–Crippen MR) is 189 cm³/mol. The maximum atomic E-state index is 12.5. The van der Waals surface area contributed by atoms with E-state index in [0.717, 1.165) is 26.2 Å². The van der Waals surface area contributed by atoms with Crippen LogP contribution >= 0.6 is 7.82 Å². The molecule has 0 aliphatic heterocycles. The van der Waals surface area contributed by atoms with Crippen molar-refractivity contribution >= 4 is 19.8 Å². The highest BCUT2D eigenvalue weighted by Gasteiger charge is 2.51. The van der Waals surface area contributed by atoms with Crippen LogP contribution in [0.1, 0.15) is 162 Å². The van der Waals surface area contributed by atoms with Gasteiger partial charge < -0.3 is 39.9 Å². The van der Waals surface area contributed by atoms with Gasteiger partial charge in [-0.05, 0) is 6.42 Å². The molecule has 0 aromatic rings. The van der Waals surface area contributed by atoms with Crippen LogP contribution in [0.15, 0.2) is 0 Å². The van der Waals surface area contributed by atoms with Crippen LogP contribution in [0.2, 0.25) is 0 Å². The minimum atomic E-state index is -5.07. The molecule has 1 rings (SSSR count). The van der Waals surface area contributed by atoms with Gasteiger partial charge in [-0.3, -0.25) is 18.6 Å². The number of rotatable bonds is 31. The molecular formula is C36H69O13P. The van der Waals surface area contributed by atoms with Crippen molar-refractivity contribution in [3.05, 3.63) is 0 Å². The number of unbranched alkanes of at least 4 members (excludes halogenated alkanes) is 21. The normalized spacial score (nSPS) is 24.1. The third-order valence-electron chi connectivity index (χ3n) is 9.26. The van der Waals surface area contributed by atoms with E-state index in [2.05, 4.69) is 6.92 Å². The summed E-state index contributed by atoms with van der Waals surface area (Å²) >= 11 is 0. The van der Waals surface area contributed by atoms with E-state index in [-0.39, 0.29) is 6.42 Å². The molecule has 0 radical (unpaired) electrons. The number of ether oxygens (including phenoxy) is 2. The number of carbonyl (C=O) groups excluding carboxylic acids is 2. The molecule has 296 valence electrons. The van der Waals surface area contributed by atoms with Crippen LogP contribution in [0.25, 0.3) is 0 Å². The van der Waals surface area contributed by atoms with Gasteiger partial charge in [0.15, 0.2) is 6.10 Å². The molecule has 6 atom stereocenters. The topological polar surface area (TPSA) is 210 Å².